The Kier molecular flexibility index (Phi) is 2.44. The van der Waals surface area contributed by atoms with Crippen molar-refractivity contribution < 1.29 is 0 Å². The molecule has 1 aromatic rings. The Labute approximate surface area is 126 Å². The minimum atomic E-state index is -0.245. The number of anilines is 1. The van der Waals surface area contributed by atoms with Crippen LogP contribution in [-0.2, 0) is 5.54 Å². The summed E-state index contributed by atoms with van der Waals surface area (Å²) in [6, 6.07) is 8.55. The number of fused-ring (bicyclic) bond motifs is 4. The molecule has 1 aliphatic carbocycles. The lowest BCUT2D eigenvalue weighted by molar-refractivity contribution is 0.211. The number of hydrogen-bond donors (Lipinski definition) is 2. The standard InChI is InChI=1S/C17H24N4/c1-15(2,3)20-21-17-10-11-9-16(11,4)19-14(17)18-13-8-6-5-7-12(13)17/h5-8,11,14,18-19H,9-10H2,1-4H3. The predicted molar refractivity (Wildman–Crippen MR) is 84.4 cm³/mol. The van der Waals surface area contributed by atoms with Crippen LogP contribution in [0.5, 0.6) is 0 Å². The van der Waals surface area contributed by atoms with E-state index in [0.717, 1.165) is 6.42 Å². The molecule has 2 heterocycles. The monoisotopic (exact) mass is 284 g/mol. The molecule has 1 saturated heterocycles. The van der Waals surface area contributed by atoms with Crippen LogP contribution in [0.3, 0.4) is 0 Å². The van der Waals surface area contributed by atoms with Gasteiger partial charge in [-0.3, -0.25) is 5.32 Å². The van der Waals surface area contributed by atoms with Gasteiger partial charge in [-0.05, 0) is 52.5 Å². The average Bonchev–Trinajstić information content (AvgIpc) is 2.94. The summed E-state index contributed by atoms with van der Waals surface area (Å²) in [6.07, 6.45) is 2.50. The van der Waals surface area contributed by atoms with E-state index in [0.29, 0.717) is 11.5 Å². The number of hydrogen-bond acceptors (Lipinski definition) is 4. The Hall–Kier alpha value is -1.42. The Bertz CT molecular complexity index is 617. The minimum absolute atomic E-state index is 0.138. The van der Waals surface area contributed by atoms with E-state index < -0.39 is 0 Å². The molecule has 4 heteroatoms. The number of para-hydroxylation sites is 1. The average molecular weight is 284 g/mol. The summed E-state index contributed by atoms with van der Waals surface area (Å²) in [4.78, 5) is 0. The Morgan fingerprint density at radius 1 is 1.19 bits per heavy atom. The summed E-state index contributed by atoms with van der Waals surface area (Å²) in [5.41, 5.74) is 2.41. The maximum absolute atomic E-state index is 4.90. The van der Waals surface area contributed by atoms with Crippen LogP contribution in [0.15, 0.2) is 34.5 Å². The molecule has 1 aromatic carbocycles. The fraction of sp³-hybridized carbons (Fsp3) is 0.647. The highest BCUT2D eigenvalue weighted by Gasteiger charge is 2.64. The number of nitrogens with zero attached hydrogens (tertiary/aromatic N) is 2. The summed E-state index contributed by atoms with van der Waals surface area (Å²) in [6.45, 7) is 8.64. The highest BCUT2D eigenvalue weighted by atomic mass is 15.3. The van der Waals surface area contributed by atoms with Crippen molar-refractivity contribution in [2.24, 2.45) is 16.1 Å². The van der Waals surface area contributed by atoms with Crippen molar-refractivity contribution in [1.29, 1.82) is 0 Å². The summed E-state index contributed by atoms with van der Waals surface area (Å²) < 4.78 is 0. The van der Waals surface area contributed by atoms with Gasteiger partial charge in [0.1, 0.15) is 11.7 Å². The van der Waals surface area contributed by atoms with Gasteiger partial charge in [-0.1, -0.05) is 18.2 Å². The molecular weight excluding hydrogens is 260 g/mol. The molecule has 112 valence electrons. The molecular formula is C17H24N4. The predicted octanol–water partition coefficient (Wildman–Crippen LogP) is 3.66. The van der Waals surface area contributed by atoms with Gasteiger partial charge in [-0.2, -0.15) is 10.2 Å². The normalized spacial score (nSPS) is 40.4. The van der Waals surface area contributed by atoms with Crippen LogP contribution in [0.25, 0.3) is 0 Å². The molecule has 3 aliphatic rings. The molecule has 4 unspecified atom stereocenters. The second kappa shape index (κ2) is 3.86. The van der Waals surface area contributed by atoms with Crippen molar-refractivity contribution >= 4 is 5.69 Å². The van der Waals surface area contributed by atoms with Crippen molar-refractivity contribution in [1.82, 2.24) is 5.32 Å². The van der Waals surface area contributed by atoms with E-state index in [2.05, 4.69) is 67.7 Å². The van der Waals surface area contributed by atoms with Crippen molar-refractivity contribution in [2.45, 2.75) is 63.3 Å². The fourth-order valence-corrected chi connectivity index (χ4v) is 3.82. The molecule has 4 atom stereocenters. The first kappa shape index (κ1) is 13.3. The van der Waals surface area contributed by atoms with Crippen LogP contribution < -0.4 is 10.6 Å². The van der Waals surface area contributed by atoms with Gasteiger partial charge in [-0.25, -0.2) is 0 Å². The van der Waals surface area contributed by atoms with E-state index >= 15 is 0 Å². The largest absolute Gasteiger partial charge is 0.367 e. The van der Waals surface area contributed by atoms with Crippen molar-refractivity contribution in [3.05, 3.63) is 29.8 Å². The molecule has 0 bridgehead atoms. The number of nitrogens with one attached hydrogen (secondary N) is 2. The van der Waals surface area contributed by atoms with Gasteiger partial charge in [-0.15, -0.1) is 0 Å². The molecule has 4 nitrogen and oxygen atoms in total. The van der Waals surface area contributed by atoms with Crippen molar-refractivity contribution in [2.75, 3.05) is 5.32 Å². The highest BCUT2D eigenvalue weighted by Crippen LogP contribution is 2.59. The summed E-state index contributed by atoms with van der Waals surface area (Å²) in [7, 11) is 0. The van der Waals surface area contributed by atoms with Gasteiger partial charge < -0.3 is 5.32 Å². The first-order valence-electron chi connectivity index (χ1n) is 7.90. The van der Waals surface area contributed by atoms with E-state index in [-0.39, 0.29) is 17.2 Å². The van der Waals surface area contributed by atoms with E-state index in [1.807, 2.05) is 0 Å². The third-order valence-electron chi connectivity index (χ3n) is 5.14. The third kappa shape index (κ3) is 1.92. The Morgan fingerprint density at radius 2 is 1.95 bits per heavy atom. The van der Waals surface area contributed by atoms with Crippen molar-refractivity contribution in [3.63, 3.8) is 0 Å². The zero-order valence-electron chi connectivity index (χ0n) is 13.3. The molecule has 0 spiro atoms. The maximum Gasteiger partial charge on any atom is 0.142 e. The maximum atomic E-state index is 4.90. The summed E-state index contributed by atoms with van der Waals surface area (Å²) in [5, 5.41) is 16.9. The zero-order chi connectivity index (χ0) is 14.9. The lowest BCUT2D eigenvalue weighted by Crippen LogP contribution is -2.56. The molecule has 2 N–H and O–H groups in total. The quantitative estimate of drug-likeness (QED) is 0.773. The van der Waals surface area contributed by atoms with Crippen molar-refractivity contribution in [3.8, 4) is 0 Å². The van der Waals surface area contributed by atoms with Gasteiger partial charge in [0.25, 0.3) is 0 Å². The van der Waals surface area contributed by atoms with Gasteiger partial charge in [0.2, 0.25) is 0 Å². The van der Waals surface area contributed by atoms with E-state index in [4.69, 9.17) is 5.11 Å². The van der Waals surface area contributed by atoms with E-state index in [1.165, 1.54) is 17.7 Å². The van der Waals surface area contributed by atoms with Crippen LogP contribution in [-0.4, -0.2) is 17.2 Å². The summed E-state index contributed by atoms with van der Waals surface area (Å²) in [5.74, 6) is 0.709. The first-order valence-corrected chi connectivity index (χ1v) is 7.90. The second-order valence-corrected chi connectivity index (χ2v) is 8.08. The fourth-order valence-electron chi connectivity index (χ4n) is 3.82. The molecule has 4 rings (SSSR count). The summed E-state index contributed by atoms with van der Waals surface area (Å²) >= 11 is 0. The topological polar surface area (TPSA) is 48.8 Å². The smallest absolute Gasteiger partial charge is 0.142 e. The third-order valence-corrected chi connectivity index (χ3v) is 5.14. The molecule has 2 fully saturated rings. The lowest BCUT2D eigenvalue weighted by atomic mass is 9.81. The minimum Gasteiger partial charge on any atom is -0.367 e. The molecule has 1 saturated carbocycles. The van der Waals surface area contributed by atoms with Gasteiger partial charge in [0, 0.05) is 16.8 Å². The molecule has 0 amide bonds. The Morgan fingerprint density at radius 3 is 2.71 bits per heavy atom. The van der Waals surface area contributed by atoms with Crippen LogP contribution in [0, 0.1) is 5.92 Å². The van der Waals surface area contributed by atoms with E-state index in [1.54, 1.807) is 0 Å². The molecule has 0 radical (unpaired) electrons. The number of rotatable bonds is 1. The number of piperidine rings is 1. The highest BCUT2D eigenvalue weighted by molar-refractivity contribution is 5.62. The first-order chi connectivity index (χ1) is 9.82. The number of azo groups is 1. The molecule has 2 aliphatic heterocycles. The molecule has 21 heavy (non-hydrogen) atoms. The van der Waals surface area contributed by atoms with Crippen LogP contribution in [0.2, 0.25) is 0 Å². The SMILES string of the molecule is CC(C)(C)N=NC12CC3CC3(C)NC1Nc1ccccc12. The van der Waals surface area contributed by atoms with Gasteiger partial charge in [0.05, 0.1) is 5.54 Å². The van der Waals surface area contributed by atoms with Crippen LogP contribution >= 0.6 is 0 Å². The van der Waals surface area contributed by atoms with Crippen LogP contribution in [0.1, 0.15) is 46.1 Å². The Balaban J connectivity index is 1.80. The lowest BCUT2D eigenvalue weighted by Gasteiger charge is -2.39. The van der Waals surface area contributed by atoms with E-state index in [9.17, 15) is 0 Å². The number of benzene rings is 1. The van der Waals surface area contributed by atoms with Gasteiger partial charge >= 0.3 is 0 Å². The van der Waals surface area contributed by atoms with Gasteiger partial charge in [0.15, 0.2) is 0 Å². The molecule has 0 aromatic heterocycles. The zero-order valence-corrected chi connectivity index (χ0v) is 13.3. The second-order valence-electron chi connectivity index (χ2n) is 8.08. The van der Waals surface area contributed by atoms with Crippen LogP contribution in [0.4, 0.5) is 5.69 Å².